The zero-order chi connectivity index (χ0) is 35.8. The average molecular weight is 722 g/mol. The molecule has 6 heterocycles. The number of rotatable bonds is 7. The van der Waals surface area contributed by atoms with E-state index in [0.29, 0.717) is 0 Å². The second kappa shape index (κ2) is 14.2. The molecule has 1 N–H and O–H groups in total. The lowest BCUT2D eigenvalue weighted by molar-refractivity contribution is 0.393. The molecule has 11 heteroatoms. The number of pyridine rings is 2. The summed E-state index contributed by atoms with van der Waals surface area (Å²) < 4.78 is 12.5. The maximum Gasteiger partial charge on any atom is 0.141 e. The Morgan fingerprint density at radius 1 is 0.731 bits per heavy atom. The average Bonchev–Trinajstić information content (AvgIpc) is 3.99. The smallest absolute Gasteiger partial charge is 0.141 e. The second-order valence-corrected chi connectivity index (χ2v) is 14.9. The Balaban J connectivity index is 0.000000153. The fraction of sp³-hybridized carbons (Fsp3) is 0.146. The molecule has 0 radical (unpaired) electrons. The van der Waals surface area contributed by atoms with Crippen LogP contribution in [0.4, 0.5) is 0 Å². The van der Waals surface area contributed by atoms with Gasteiger partial charge < -0.3 is 14.0 Å². The fourth-order valence-corrected chi connectivity index (χ4v) is 8.57. The zero-order valence-corrected chi connectivity index (χ0v) is 30.9. The van der Waals surface area contributed by atoms with E-state index in [1.54, 1.807) is 11.8 Å². The van der Waals surface area contributed by atoms with Crippen LogP contribution in [0.5, 0.6) is 0 Å². The van der Waals surface area contributed by atoms with Crippen molar-refractivity contribution in [1.29, 1.82) is 0 Å². The molecular weight excluding hydrogens is 687 g/mol. The number of fused-ring (bicyclic) bond motifs is 2. The summed E-state index contributed by atoms with van der Waals surface area (Å²) in [7, 11) is 1.93. The summed E-state index contributed by atoms with van der Waals surface area (Å²) in [6.07, 6.45) is 12.0. The molecule has 1 aliphatic carbocycles. The third kappa shape index (κ3) is 6.60. The quantitative estimate of drug-likeness (QED) is 0.172. The van der Waals surface area contributed by atoms with Gasteiger partial charge in [-0.25, -0.2) is 4.98 Å². The zero-order valence-electron chi connectivity index (χ0n) is 29.3. The van der Waals surface area contributed by atoms with E-state index in [9.17, 15) is 0 Å². The predicted octanol–water partition coefficient (Wildman–Crippen LogP) is 10.4. The molecule has 0 aliphatic heterocycles. The van der Waals surface area contributed by atoms with Crippen molar-refractivity contribution in [2.24, 2.45) is 7.05 Å². The van der Waals surface area contributed by atoms with Crippen molar-refractivity contribution in [3.63, 3.8) is 0 Å². The summed E-state index contributed by atoms with van der Waals surface area (Å²) in [4.78, 5) is 16.2. The van der Waals surface area contributed by atoms with Crippen molar-refractivity contribution in [1.82, 2.24) is 35.0 Å². The highest BCUT2D eigenvalue weighted by Crippen LogP contribution is 2.48. The Morgan fingerprint density at radius 3 is 1.98 bits per heavy atom. The van der Waals surface area contributed by atoms with Gasteiger partial charge in [0.15, 0.2) is 0 Å². The van der Waals surface area contributed by atoms with Gasteiger partial charge in [-0.2, -0.15) is 5.10 Å². The Labute approximate surface area is 309 Å². The molecule has 8 aromatic rings. The van der Waals surface area contributed by atoms with Crippen molar-refractivity contribution >= 4 is 40.1 Å². The molecule has 0 bridgehead atoms. The fourth-order valence-electron chi connectivity index (χ4n) is 6.52. The molecule has 9 nitrogen and oxygen atoms in total. The van der Waals surface area contributed by atoms with Crippen molar-refractivity contribution in [2.45, 2.75) is 47.6 Å². The van der Waals surface area contributed by atoms with E-state index in [1.807, 2.05) is 106 Å². The number of H-pyrrole nitrogens is 1. The summed E-state index contributed by atoms with van der Waals surface area (Å²) in [5, 5.41) is 13.8. The second-order valence-electron chi connectivity index (χ2n) is 12.6. The molecule has 9 rings (SSSR count). The maximum atomic E-state index is 5.38. The van der Waals surface area contributed by atoms with Gasteiger partial charge in [0.1, 0.15) is 17.2 Å². The SMILES string of the molecule is Cc1noc(C)c1-c1cnc2[nH]cc(Sc3ccccc3)c2c1.Cc1noc(C)c1-c1cnc2c(c1)C(Sc1ccccc1)C=C2c1cnn(C)c1. The van der Waals surface area contributed by atoms with E-state index in [1.165, 1.54) is 15.4 Å². The molecule has 0 fully saturated rings. The van der Waals surface area contributed by atoms with Crippen molar-refractivity contribution in [2.75, 3.05) is 0 Å². The van der Waals surface area contributed by atoms with E-state index in [-0.39, 0.29) is 5.25 Å². The molecule has 1 unspecified atom stereocenters. The number of nitrogens with one attached hydrogen (secondary N) is 1. The first-order chi connectivity index (χ1) is 25.3. The minimum absolute atomic E-state index is 0.176. The summed E-state index contributed by atoms with van der Waals surface area (Å²) >= 11 is 3.56. The van der Waals surface area contributed by atoms with E-state index in [0.717, 1.165) is 77.9 Å². The Kier molecular flexibility index (Phi) is 9.12. The van der Waals surface area contributed by atoms with Gasteiger partial charge in [-0.15, -0.1) is 11.8 Å². The lowest BCUT2D eigenvalue weighted by Crippen LogP contribution is -1.95. The van der Waals surface area contributed by atoms with Gasteiger partial charge in [-0.05, 0) is 69.7 Å². The van der Waals surface area contributed by atoms with Crippen LogP contribution in [-0.4, -0.2) is 35.0 Å². The van der Waals surface area contributed by atoms with Gasteiger partial charge >= 0.3 is 0 Å². The summed E-state index contributed by atoms with van der Waals surface area (Å²) in [5.74, 6) is 1.63. The van der Waals surface area contributed by atoms with Crippen LogP contribution in [0.1, 0.15) is 45.0 Å². The van der Waals surface area contributed by atoms with Crippen molar-refractivity contribution in [3.8, 4) is 22.3 Å². The van der Waals surface area contributed by atoms with Crippen LogP contribution < -0.4 is 0 Å². The largest absolute Gasteiger partial charge is 0.361 e. The molecule has 0 spiro atoms. The van der Waals surface area contributed by atoms with E-state index >= 15 is 0 Å². The number of aryl methyl sites for hydroxylation is 5. The molecule has 0 saturated heterocycles. The summed E-state index contributed by atoms with van der Waals surface area (Å²) in [5.41, 5.74) is 11.2. The standard InChI is InChI=1S/C23H20N4OS.C18H15N3OS/c1-14-22(15(2)28-26-14)16-9-20-21(29-18-7-5-4-6-8-18)10-19(23(20)24-11-16)17-12-25-27(3)13-17;1-11-17(12(2)22-21-11)13-8-15-16(10-20-18(15)19-9-13)23-14-6-4-3-5-7-14/h4-13,21H,1-3H3;3-10H,1-2H3,(H,19,20). The first-order valence-corrected chi connectivity index (χ1v) is 18.5. The molecule has 1 aliphatic rings. The monoisotopic (exact) mass is 721 g/mol. The van der Waals surface area contributed by atoms with E-state index in [4.69, 9.17) is 14.0 Å². The van der Waals surface area contributed by atoms with Gasteiger partial charge in [0, 0.05) is 85.3 Å². The molecule has 6 aromatic heterocycles. The molecule has 2 aromatic carbocycles. The Hall–Kier alpha value is -5.65. The minimum Gasteiger partial charge on any atom is -0.361 e. The molecule has 0 saturated carbocycles. The molecule has 0 amide bonds. The van der Waals surface area contributed by atoms with E-state index in [2.05, 4.69) is 80.0 Å². The van der Waals surface area contributed by atoms with Crippen LogP contribution in [0.25, 0.3) is 38.9 Å². The highest BCUT2D eigenvalue weighted by Gasteiger charge is 2.28. The molecule has 1 atom stereocenters. The Bertz CT molecular complexity index is 2510. The molecule has 258 valence electrons. The van der Waals surface area contributed by atoms with Crippen LogP contribution in [0.3, 0.4) is 0 Å². The van der Waals surface area contributed by atoms with Gasteiger partial charge in [-0.3, -0.25) is 9.67 Å². The Morgan fingerprint density at radius 2 is 1.37 bits per heavy atom. The number of nitrogens with zero attached hydrogens (tertiary/aromatic N) is 6. The highest BCUT2D eigenvalue weighted by atomic mass is 32.2. The van der Waals surface area contributed by atoms with Crippen LogP contribution in [0.2, 0.25) is 0 Å². The first kappa shape index (κ1) is 33.5. The van der Waals surface area contributed by atoms with E-state index < -0.39 is 0 Å². The number of hydrogen-bond acceptors (Lipinski definition) is 9. The number of aromatic nitrogens is 7. The third-order valence-corrected chi connectivity index (χ3v) is 11.2. The summed E-state index contributed by atoms with van der Waals surface area (Å²) in [6.45, 7) is 7.79. The number of benzene rings is 2. The lowest BCUT2D eigenvalue weighted by atomic mass is 10.0. The van der Waals surface area contributed by atoms with Crippen LogP contribution in [0.15, 0.2) is 134 Å². The topological polar surface area (TPSA) is 111 Å². The van der Waals surface area contributed by atoms with Gasteiger partial charge in [0.05, 0.1) is 28.5 Å². The maximum absolute atomic E-state index is 5.38. The normalized spacial score (nSPS) is 13.6. The van der Waals surface area contributed by atoms with Crippen molar-refractivity contribution in [3.05, 3.63) is 150 Å². The number of aromatic amines is 1. The number of hydrogen-bond donors (Lipinski definition) is 1. The minimum atomic E-state index is 0.176. The van der Waals surface area contributed by atoms with Gasteiger partial charge in [0.25, 0.3) is 0 Å². The van der Waals surface area contributed by atoms with Crippen LogP contribution in [-0.2, 0) is 7.05 Å². The lowest BCUT2D eigenvalue weighted by Gasteiger charge is -2.12. The van der Waals surface area contributed by atoms with Crippen molar-refractivity contribution < 1.29 is 9.05 Å². The highest BCUT2D eigenvalue weighted by molar-refractivity contribution is 8.00. The first-order valence-electron chi connectivity index (χ1n) is 16.8. The van der Waals surface area contributed by atoms with Gasteiger partial charge in [0.2, 0.25) is 0 Å². The molecule has 52 heavy (non-hydrogen) atoms. The van der Waals surface area contributed by atoms with Crippen LogP contribution in [0, 0.1) is 27.7 Å². The van der Waals surface area contributed by atoms with Crippen LogP contribution >= 0.6 is 23.5 Å². The molecular formula is C41H35N7O2S2. The predicted molar refractivity (Wildman–Crippen MR) is 206 cm³/mol. The third-order valence-electron chi connectivity index (χ3n) is 8.93. The number of thioether (sulfide) groups is 1. The van der Waals surface area contributed by atoms with Gasteiger partial charge in [-0.1, -0.05) is 64.5 Å². The summed E-state index contributed by atoms with van der Waals surface area (Å²) in [6, 6.07) is 25.2.